The lowest BCUT2D eigenvalue weighted by molar-refractivity contribution is 0.410. The number of aryl methyl sites for hydroxylation is 1. The molecule has 106 valence electrons. The van der Waals surface area contributed by atoms with Crippen molar-refractivity contribution < 1.29 is 9.13 Å². The van der Waals surface area contributed by atoms with Crippen LogP contribution in [0, 0.1) is 5.82 Å². The van der Waals surface area contributed by atoms with Gasteiger partial charge in [0.1, 0.15) is 11.6 Å². The van der Waals surface area contributed by atoms with E-state index in [1.165, 1.54) is 24.3 Å². The first-order valence-corrected chi connectivity index (χ1v) is 6.84. The van der Waals surface area contributed by atoms with Crippen LogP contribution in [0.1, 0.15) is 23.6 Å². The van der Waals surface area contributed by atoms with E-state index in [4.69, 9.17) is 4.74 Å². The molecule has 0 atom stereocenters. The van der Waals surface area contributed by atoms with Gasteiger partial charge in [-0.3, -0.25) is 0 Å². The molecule has 0 saturated heterocycles. The molecule has 2 aromatic carbocycles. The van der Waals surface area contributed by atoms with Gasteiger partial charge in [0.25, 0.3) is 0 Å². The number of hydrogen-bond acceptors (Lipinski definition) is 2. The molecule has 0 heterocycles. The Labute approximate surface area is 119 Å². The number of rotatable bonds is 6. The molecule has 0 unspecified atom stereocenters. The Bertz CT molecular complexity index is 551. The van der Waals surface area contributed by atoms with Gasteiger partial charge in [0.15, 0.2) is 0 Å². The predicted octanol–water partition coefficient (Wildman–Crippen LogP) is 3.69. The maximum Gasteiger partial charge on any atom is 0.131 e. The van der Waals surface area contributed by atoms with Gasteiger partial charge in [0, 0.05) is 24.7 Å². The SMILES string of the molecule is CCc1ccc(CNCc2ccc(OC)cc2F)cc1. The van der Waals surface area contributed by atoms with Crippen molar-refractivity contribution in [2.24, 2.45) is 0 Å². The van der Waals surface area contributed by atoms with E-state index in [1.807, 2.05) is 0 Å². The van der Waals surface area contributed by atoms with E-state index in [9.17, 15) is 4.39 Å². The van der Waals surface area contributed by atoms with Gasteiger partial charge >= 0.3 is 0 Å². The van der Waals surface area contributed by atoms with Crippen molar-refractivity contribution in [3.05, 3.63) is 65.0 Å². The predicted molar refractivity (Wildman–Crippen MR) is 79.3 cm³/mol. The molecule has 2 nitrogen and oxygen atoms in total. The summed E-state index contributed by atoms with van der Waals surface area (Å²) < 4.78 is 18.7. The summed E-state index contributed by atoms with van der Waals surface area (Å²) in [5.41, 5.74) is 3.18. The van der Waals surface area contributed by atoms with Crippen LogP contribution in [0.3, 0.4) is 0 Å². The highest BCUT2D eigenvalue weighted by Crippen LogP contribution is 2.16. The molecule has 0 aliphatic rings. The average Bonchev–Trinajstić information content (AvgIpc) is 2.49. The van der Waals surface area contributed by atoms with Crippen LogP contribution in [0.5, 0.6) is 5.75 Å². The summed E-state index contributed by atoms with van der Waals surface area (Å²) in [6.45, 7) is 3.38. The summed E-state index contributed by atoms with van der Waals surface area (Å²) in [7, 11) is 1.53. The highest BCUT2D eigenvalue weighted by atomic mass is 19.1. The quantitative estimate of drug-likeness (QED) is 0.866. The van der Waals surface area contributed by atoms with Crippen LogP contribution >= 0.6 is 0 Å². The van der Waals surface area contributed by atoms with Gasteiger partial charge in [-0.15, -0.1) is 0 Å². The number of ether oxygens (including phenoxy) is 1. The zero-order chi connectivity index (χ0) is 14.4. The third-order valence-electron chi connectivity index (χ3n) is 3.34. The molecule has 2 rings (SSSR count). The van der Waals surface area contributed by atoms with Crippen LogP contribution in [0.4, 0.5) is 4.39 Å². The van der Waals surface area contributed by atoms with Crippen LogP contribution in [0.15, 0.2) is 42.5 Å². The fourth-order valence-electron chi connectivity index (χ4n) is 2.03. The monoisotopic (exact) mass is 273 g/mol. The zero-order valence-corrected chi connectivity index (χ0v) is 11.9. The van der Waals surface area contributed by atoms with E-state index in [2.05, 4.69) is 36.5 Å². The molecule has 20 heavy (non-hydrogen) atoms. The minimum absolute atomic E-state index is 0.238. The lowest BCUT2D eigenvalue weighted by Crippen LogP contribution is -2.13. The van der Waals surface area contributed by atoms with Crippen molar-refractivity contribution in [1.82, 2.24) is 5.32 Å². The third kappa shape index (κ3) is 3.81. The van der Waals surface area contributed by atoms with Gasteiger partial charge < -0.3 is 10.1 Å². The van der Waals surface area contributed by atoms with Gasteiger partial charge in [0.05, 0.1) is 7.11 Å². The summed E-state index contributed by atoms with van der Waals surface area (Å²) in [4.78, 5) is 0. The molecule has 0 amide bonds. The Morgan fingerprint density at radius 3 is 2.30 bits per heavy atom. The van der Waals surface area contributed by atoms with Crippen molar-refractivity contribution >= 4 is 0 Å². The summed E-state index contributed by atoms with van der Waals surface area (Å²) in [6.07, 6.45) is 1.05. The summed E-state index contributed by atoms with van der Waals surface area (Å²) in [6, 6.07) is 13.4. The molecule has 0 fully saturated rings. The van der Waals surface area contributed by atoms with E-state index in [-0.39, 0.29) is 5.82 Å². The van der Waals surface area contributed by atoms with Crippen molar-refractivity contribution in [2.75, 3.05) is 7.11 Å². The Morgan fingerprint density at radius 2 is 1.70 bits per heavy atom. The van der Waals surface area contributed by atoms with E-state index in [0.29, 0.717) is 17.9 Å². The van der Waals surface area contributed by atoms with E-state index < -0.39 is 0 Å². The van der Waals surface area contributed by atoms with E-state index >= 15 is 0 Å². The lowest BCUT2D eigenvalue weighted by Gasteiger charge is -2.08. The molecular weight excluding hydrogens is 253 g/mol. The summed E-state index contributed by atoms with van der Waals surface area (Å²) in [5, 5.41) is 3.25. The maximum atomic E-state index is 13.7. The lowest BCUT2D eigenvalue weighted by atomic mass is 10.1. The molecule has 0 saturated carbocycles. The summed E-state index contributed by atoms with van der Waals surface area (Å²) in [5.74, 6) is 0.305. The molecular formula is C17H20FNO. The van der Waals surface area contributed by atoms with Gasteiger partial charge in [0.2, 0.25) is 0 Å². The second kappa shape index (κ2) is 7.06. The van der Waals surface area contributed by atoms with E-state index in [1.54, 1.807) is 12.1 Å². The topological polar surface area (TPSA) is 21.3 Å². The molecule has 0 aliphatic heterocycles. The number of methoxy groups -OCH3 is 1. The van der Waals surface area contributed by atoms with Crippen LogP contribution in [-0.2, 0) is 19.5 Å². The molecule has 0 radical (unpaired) electrons. The van der Waals surface area contributed by atoms with Crippen LogP contribution < -0.4 is 10.1 Å². The summed E-state index contributed by atoms with van der Waals surface area (Å²) >= 11 is 0. The van der Waals surface area contributed by atoms with Gasteiger partial charge in [-0.1, -0.05) is 37.3 Å². The largest absolute Gasteiger partial charge is 0.497 e. The number of hydrogen-bond donors (Lipinski definition) is 1. The number of nitrogens with one attached hydrogen (secondary N) is 1. The average molecular weight is 273 g/mol. The van der Waals surface area contributed by atoms with Crippen LogP contribution in [-0.4, -0.2) is 7.11 Å². The van der Waals surface area contributed by atoms with Crippen molar-refractivity contribution in [1.29, 1.82) is 0 Å². The van der Waals surface area contributed by atoms with Gasteiger partial charge in [-0.05, 0) is 23.6 Å². The molecule has 0 bridgehead atoms. The minimum Gasteiger partial charge on any atom is -0.497 e. The first-order valence-electron chi connectivity index (χ1n) is 6.84. The second-order valence-electron chi connectivity index (χ2n) is 4.73. The Hall–Kier alpha value is -1.87. The van der Waals surface area contributed by atoms with E-state index in [0.717, 1.165) is 13.0 Å². The smallest absolute Gasteiger partial charge is 0.131 e. The van der Waals surface area contributed by atoms with Crippen molar-refractivity contribution in [3.8, 4) is 5.75 Å². The number of halogens is 1. The fourth-order valence-corrected chi connectivity index (χ4v) is 2.03. The molecule has 0 aromatic heterocycles. The zero-order valence-electron chi connectivity index (χ0n) is 11.9. The Kier molecular flexibility index (Phi) is 5.13. The Balaban J connectivity index is 1.88. The van der Waals surface area contributed by atoms with Crippen LogP contribution in [0.2, 0.25) is 0 Å². The molecule has 2 aromatic rings. The second-order valence-corrected chi connectivity index (χ2v) is 4.73. The van der Waals surface area contributed by atoms with Crippen molar-refractivity contribution in [2.45, 2.75) is 26.4 Å². The minimum atomic E-state index is -0.238. The molecule has 1 N–H and O–H groups in total. The fraction of sp³-hybridized carbons (Fsp3) is 0.294. The molecule has 0 aliphatic carbocycles. The number of benzene rings is 2. The van der Waals surface area contributed by atoms with Crippen LogP contribution in [0.25, 0.3) is 0 Å². The van der Waals surface area contributed by atoms with Gasteiger partial charge in [-0.2, -0.15) is 0 Å². The van der Waals surface area contributed by atoms with Crippen molar-refractivity contribution in [3.63, 3.8) is 0 Å². The highest BCUT2D eigenvalue weighted by molar-refractivity contribution is 5.29. The normalized spacial score (nSPS) is 10.6. The standard InChI is InChI=1S/C17H20FNO/c1-3-13-4-6-14(7-5-13)11-19-12-15-8-9-16(20-2)10-17(15)18/h4-10,19H,3,11-12H2,1-2H3. The molecule has 0 spiro atoms. The maximum absolute atomic E-state index is 13.7. The Morgan fingerprint density at radius 1 is 1.00 bits per heavy atom. The first-order chi connectivity index (χ1) is 9.72. The van der Waals surface area contributed by atoms with Gasteiger partial charge in [-0.25, -0.2) is 4.39 Å². The molecule has 3 heteroatoms. The third-order valence-corrected chi connectivity index (χ3v) is 3.34. The first kappa shape index (κ1) is 14.5. The highest BCUT2D eigenvalue weighted by Gasteiger charge is 2.03.